The Kier molecular flexibility index (Phi) is 5.01. The molecule has 2 rings (SSSR count). The predicted molar refractivity (Wildman–Crippen MR) is 79.4 cm³/mol. The van der Waals surface area contributed by atoms with Crippen LogP contribution in [0.15, 0.2) is 24.3 Å². The molecule has 2 unspecified atom stereocenters. The molecule has 1 aliphatic rings. The number of ether oxygens (including phenoxy) is 1. The first kappa shape index (κ1) is 14.9. The van der Waals surface area contributed by atoms with E-state index in [0.29, 0.717) is 6.54 Å². The third kappa shape index (κ3) is 3.51. The summed E-state index contributed by atoms with van der Waals surface area (Å²) in [7, 11) is 3.50. The second kappa shape index (κ2) is 6.75. The summed E-state index contributed by atoms with van der Waals surface area (Å²) < 4.78 is 5.21. The molecule has 2 N–H and O–H groups in total. The summed E-state index contributed by atoms with van der Waals surface area (Å²) in [5, 5.41) is 0. The summed E-state index contributed by atoms with van der Waals surface area (Å²) in [5.41, 5.74) is 7.16. The summed E-state index contributed by atoms with van der Waals surface area (Å²) in [6.45, 7) is 0.596. The number of rotatable bonds is 4. The van der Waals surface area contributed by atoms with Crippen LogP contribution in [0.25, 0.3) is 0 Å². The number of carbonyl (C=O) groups is 1. The van der Waals surface area contributed by atoms with Crippen molar-refractivity contribution in [2.75, 3.05) is 14.2 Å². The molecule has 2 atom stereocenters. The van der Waals surface area contributed by atoms with Gasteiger partial charge in [-0.1, -0.05) is 25.0 Å². The Morgan fingerprint density at radius 1 is 1.40 bits per heavy atom. The lowest BCUT2D eigenvalue weighted by Crippen LogP contribution is -2.44. The zero-order valence-electron chi connectivity index (χ0n) is 12.3. The zero-order chi connectivity index (χ0) is 14.5. The average Bonchev–Trinajstić information content (AvgIpc) is 2.47. The number of nitrogens with zero attached hydrogens (tertiary/aromatic N) is 1. The first-order valence-electron chi connectivity index (χ1n) is 7.25. The van der Waals surface area contributed by atoms with Crippen LogP contribution in [0, 0.1) is 5.92 Å². The summed E-state index contributed by atoms with van der Waals surface area (Å²) in [5.74, 6) is 0.970. The average molecular weight is 276 g/mol. The van der Waals surface area contributed by atoms with Gasteiger partial charge in [0.2, 0.25) is 5.91 Å². The third-order valence-corrected chi connectivity index (χ3v) is 4.07. The number of nitrogens with two attached hydrogens (primary N) is 1. The maximum absolute atomic E-state index is 12.5. The maximum Gasteiger partial charge on any atom is 0.227 e. The lowest BCUT2D eigenvalue weighted by atomic mass is 9.84. The third-order valence-electron chi connectivity index (χ3n) is 4.07. The Hall–Kier alpha value is -1.55. The zero-order valence-corrected chi connectivity index (χ0v) is 12.3. The van der Waals surface area contributed by atoms with E-state index in [1.165, 1.54) is 0 Å². The fourth-order valence-electron chi connectivity index (χ4n) is 2.87. The lowest BCUT2D eigenvalue weighted by Gasteiger charge is -2.31. The van der Waals surface area contributed by atoms with E-state index < -0.39 is 0 Å². The van der Waals surface area contributed by atoms with Crippen molar-refractivity contribution in [2.24, 2.45) is 11.7 Å². The highest BCUT2D eigenvalue weighted by molar-refractivity contribution is 5.79. The summed E-state index contributed by atoms with van der Waals surface area (Å²) >= 11 is 0. The van der Waals surface area contributed by atoms with Gasteiger partial charge in [0.05, 0.1) is 13.0 Å². The number of carbonyl (C=O) groups excluding carboxylic acids is 1. The van der Waals surface area contributed by atoms with Crippen LogP contribution in [0.2, 0.25) is 0 Å². The van der Waals surface area contributed by atoms with Crippen LogP contribution in [0.4, 0.5) is 0 Å². The topological polar surface area (TPSA) is 55.6 Å². The molecule has 0 heterocycles. The highest BCUT2D eigenvalue weighted by Gasteiger charge is 2.30. The van der Waals surface area contributed by atoms with E-state index in [-0.39, 0.29) is 17.9 Å². The lowest BCUT2D eigenvalue weighted by molar-refractivity contribution is -0.136. The van der Waals surface area contributed by atoms with Gasteiger partial charge in [0.15, 0.2) is 0 Å². The van der Waals surface area contributed by atoms with Crippen molar-refractivity contribution < 1.29 is 9.53 Å². The molecule has 0 bridgehead atoms. The highest BCUT2D eigenvalue weighted by Crippen LogP contribution is 2.25. The van der Waals surface area contributed by atoms with Gasteiger partial charge in [-0.3, -0.25) is 4.79 Å². The van der Waals surface area contributed by atoms with Crippen LogP contribution in [0.1, 0.15) is 31.2 Å². The summed E-state index contributed by atoms with van der Waals surface area (Å²) in [6, 6.07) is 7.84. The van der Waals surface area contributed by atoms with Crippen molar-refractivity contribution in [3.8, 4) is 5.75 Å². The van der Waals surface area contributed by atoms with E-state index in [0.717, 1.165) is 37.0 Å². The van der Waals surface area contributed by atoms with Gasteiger partial charge in [-0.25, -0.2) is 0 Å². The molecule has 0 spiro atoms. The quantitative estimate of drug-likeness (QED) is 0.917. The number of hydrogen-bond donors (Lipinski definition) is 1. The molecule has 1 aromatic rings. The van der Waals surface area contributed by atoms with Crippen LogP contribution in [0.3, 0.4) is 0 Å². The first-order valence-corrected chi connectivity index (χ1v) is 7.25. The molecule has 0 saturated heterocycles. The van der Waals surface area contributed by atoms with Gasteiger partial charge in [-0.2, -0.15) is 0 Å². The minimum absolute atomic E-state index is 0.0145. The van der Waals surface area contributed by atoms with Crippen LogP contribution in [-0.2, 0) is 11.3 Å². The van der Waals surface area contributed by atoms with Gasteiger partial charge in [-0.05, 0) is 30.5 Å². The van der Waals surface area contributed by atoms with Crippen molar-refractivity contribution in [2.45, 2.75) is 38.3 Å². The van der Waals surface area contributed by atoms with Gasteiger partial charge in [0.25, 0.3) is 0 Å². The largest absolute Gasteiger partial charge is 0.497 e. The smallest absolute Gasteiger partial charge is 0.227 e. The molecule has 1 amide bonds. The molecule has 1 aliphatic carbocycles. The molecule has 1 fully saturated rings. The molecule has 1 aromatic carbocycles. The molecule has 4 heteroatoms. The monoisotopic (exact) mass is 276 g/mol. The van der Waals surface area contributed by atoms with Gasteiger partial charge in [0.1, 0.15) is 5.75 Å². The maximum atomic E-state index is 12.5. The molecule has 0 aliphatic heterocycles. The van der Waals surface area contributed by atoms with Gasteiger partial charge in [-0.15, -0.1) is 0 Å². The van der Waals surface area contributed by atoms with Crippen LogP contribution in [0.5, 0.6) is 5.75 Å². The molecular weight excluding hydrogens is 252 g/mol. The summed E-state index contributed by atoms with van der Waals surface area (Å²) in [4.78, 5) is 14.3. The Balaban J connectivity index is 1.99. The van der Waals surface area contributed by atoms with E-state index in [1.807, 2.05) is 31.3 Å². The second-order valence-corrected chi connectivity index (χ2v) is 5.60. The Labute approximate surface area is 120 Å². The number of methoxy groups -OCH3 is 1. The van der Waals surface area contributed by atoms with Gasteiger partial charge in [0, 0.05) is 19.6 Å². The van der Waals surface area contributed by atoms with E-state index in [4.69, 9.17) is 10.5 Å². The SMILES string of the molecule is COc1cccc(CN(C)C(=O)C2CCCCC2N)c1. The predicted octanol–water partition coefficient (Wildman–Crippen LogP) is 2.17. The second-order valence-electron chi connectivity index (χ2n) is 5.60. The first-order chi connectivity index (χ1) is 9.61. The molecule has 1 saturated carbocycles. The molecule has 0 aromatic heterocycles. The summed E-state index contributed by atoms with van der Waals surface area (Å²) in [6.07, 6.45) is 4.13. The van der Waals surface area contributed by atoms with Gasteiger partial charge < -0.3 is 15.4 Å². The van der Waals surface area contributed by atoms with Crippen LogP contribution >= 0.6 is 0 Å². The fourth-order valence-corrected chi connectivity index (χ4v) is 2.87. The normalized spacial score (nSPS) is 22.4. The number of amides is 1. The Morgan fingerprint density at radius 2 is 2.15 bits per heavy atom. The fraction of sp³-hybridized carbons (Fsp3) is 0.562. The van der Waals surface area contributed by atoms with Gasteiger partial charge >= 0.3 is 0 Å². The van der Waals surface area contributed by atoms with E-state index >= 15 is 0 Å². The Morgan fingerprint density at radius 3 is 2.85 bits per heavy atom. The molecule has 0 radical (unpaired) electrons. The Bertz CT molecular complexity index is 462. The van der Waals surface area contributed by atoms with Crippen molar-refractivity contribution >= 4 is 5.91 Å². The molecular formula is C16H24N2O2. The van der Waals surface area contributed by atoms with E-state index in [9.17, 15) is 4.79 Å². The highest BCUT2D eigenvalue weighted by atomic mass is 16.5. The van der Waals surface area contributed by atoms with E-state index in [1.54, 1.807) is 12.0 Å². The molecule has 110 valence electrons. The van der Waals surface area contributed by atoms with Crippen LogP contribution in [-0.4, -0.2) is 31.0 Å². The molecule has 20 heavy (non-hydrogen) atoms. The van der Waals surface area contributed by atoms with Crippen LogP contribution < -0.4 is 10.5 Å². The van der Waals surface area contributed by atoms with Crippen molar-refractivity contribution in [3.63, 3.8) is 0 Å². The van der Waals surface area contributed by atoms with E-state index in [2.05, 4.69) is 0 Å². The van der Waals surface area contributed by atoms with Crippen molar-refractivity contribution in [1.29, 1.82) is 0 Å². The minimum Gasteiger partial charge on any atom is -0.497 e. The standard InChI is InChI=1S/C16H24N2O2/c1-18(11-12-6-5-7-13(10-12)20-2)16(19)14-8-3-4-9-15(14)17/h5-7,10,14-15H,3-4,8-9,11,17H2,1-2H3. The minimum atomic E-state index is -0.0145. The number of benzene rings is 1. The molecule has 4 nitrogen and oxygen atoms in total. The van der Waals surface area contributed by atoms with Crippen molar-refractivity contribution in [3.05, 3.63) is 29.8 Å². The number of hydrogen-bond acceptors (Lipinski definition) is 3. The van der Waals surface area contributed by atoms with Crippen molar-refractivity contribution in [1.82, 2.24) is 4.90 Å².